The van der Waals surface area contributed by atoms with Crippen LogP contribution < -0.4 is 20.1 Å². The summed E-state index contributed by atoms with van der Waals surface area (Å²) in [6.45, 7) is 0. The van der Waals surface area contributed by atoms with Crippen LogP contribution in [0.5, 0.6) is 11.6 Å². The molecule has 0 atom stereocenters. The molecule has 0 fully saturated rings. The summed E-state index contributed by atoms with van der Waals surface area (Å²) in [7, 11) is 2.98. The molecular formula is C20H18N4O4. The van der Waals surface area contributed by atoms with E-state index in [0.29, 0.717) is 16.9 Å². The van der Waals surface area contributed by atoms with Gasteiger partial charge in [0, 0.05) is 17.2 Å². The molecule has 0 aliphatic carbocycles. The van der Waals surface area contributed by atoms with Crippen LogP contribution in [0.15, 0.2) is 60.7 Å². The molecule has 3 rings (SSSR count). The lowest BCUT2D eigenvalue weighted by atomic mass is 10.2. The summed E-state index contributed by atoms with van der Waals surface area (Å²) in [5, 5.41) is 5.25. The van der Waals surface area contributed by atoms with Crippen molar-refractivity contribution in [2.45, 2.75) is 0 Å². The quantitative estimate of drug-likeness (QED) is 0.684. The number of hydrogen-bond donors (Lipinski definition) is 2. The van der Waals surface area contributed by atoms with Gasteiger partial charge in [0.2, 0.25) is 11.8 Å². The second-order valence-corrected chi connectivity index (χ2v) is 5.62. The van der Waals surface area contributed by atoms with Crippen molar-refractivity contribution < 1.29 is 19.1 Å². The number of carbonyl (C=O) groups excluding carboxylic acids is 2. The minimum atomic E-state index is -0.374. The van der Waals surface area contributed by atoms with Gasteiger partial charge in [-0.15, -0.1) is 0 Å². The Bertz CT molecular complexity index is 975. The van der Waals surface area contributed by atoms with E-state index in [2.05, 4.69) is 20.6 Å². The SMILES string of the molecule is COc1ccc(C(=O)Nc2cc(OC)nc(NC(=O)c3ccccc3)n2)cc1. The van der Waals surface area contributed by atoms with E-state index in [9.17, 15) is 9.59 Å². The molecule has 8 nitrogen and oxygen atoms in total. The number of rotatable bonds is 6. The van der Waals surface area contributed by atoms with Gasteiger partial charge in [-0.1, -0.05) is 18.2 Å². The van der Waals surface area contributed by atoms with Crippen molar-refractivity contribution in [2.75, 3.05) is 24.9 Å². The Hall–Kier alpha value is -3.94. The van der Waals surface area contributed by atoms with Crippen molar-refractivity contribution in [2.24, 2.45) is 0 Å². The first kappa shape index (κ1) is 18.8. The average Bonchev–Trinajstić information content (AvgIpc) is 2.74. The standard InChI is InChI=1S/C20H18N4O4/c1-27-15-10-8-14(9-11-15)18(25)21-16-12-17(28-2)23-20(22-16)24-19(26)13-6-4-3-5-7-13/h3-12H,1-2H3,(H2,21,22,23,24,25,26). The molecular weight excluding hydrogens is 360 g/mol. The molecule has 2 aromatic carbocycles. The van der Waals surface area contributed by atoms with Crippen LogP contribution in [-0.2, 0) is 0 Å². The fourth-order valence-corrected chi connectivity index (χ4v) is 2.34. The number of hydrogen-bond acceptors (Lipinski definition) is 6. The lowest BCUT2D eigenvalue weighted by Crippen LogP contribution is -2.17. The summed E-state index contributed by atoms with van der Waals surface area (Å²) in [5.74, 6) is 0.300. The summed E-state index contributed by atoms with van der Waals surface area (Å²) in [6.07, 6.45) is 0. The Morgan fingerprint density at radius 3 is 2.07 bits per heavy atom. The predicted molar refractivity (Wildman–Crippen MR) is 104 cm³/mol. The second-order valence-electron chi connectivity index (χ2n) is 5.62. The molecule has 0 radical (unpaired) electrons. The topological polar surface area (TPSA) is 102 Å². The first-order valence-corrected chi connectivity index (χ1v) is 8.34. The van der Waals surface area contributed by atoms with E-state index in [1.165, 1.54) is 13.2 Å². The maximum absolute atomic E-state index is 12.4. The molecule has 0 bridgehead atoms. The lowest BCUT2D eigenvalue weighted by molar-refractivity contribution is 0.101. The van der Waals surface area contributed by atoms with E-state index in [-0.39, 0.29) is 29.5 Å². The molecule has 0 aliphatic rings. The molecule has 0 aliphatic heterocycles. The fourth-order valence-electron chi connectivity index (χ4n) is 2.34. The molecule has 8 heteroatoms. The Morgan fingerprint density at radius 2 is 1.43 bits per heavy atom. The Labute approximate surface area is 161 Å². The number of methoxy groups -OCH3 is 2. The number of ether oxygens (including phenoxy) is 2. The van der Waals surface area contributed by atoms with Gasteiger partial charge in [-0.05, 0) is 36.4 Å². The summed E-state index contributed by atoms with van der Waals surface area (Å²) < 4.78 is 10.2. The average molecular weight is 378 g/mol. The monoisotopic (exact) mass is 378 g/mol. The third-order valence-corrected chi connectivity index (χ3v) is 3.77. The van der Waals surface area contributed by atoms with Crippen LogP contribution in [0.1, 0.15) is 20.7 Å². The number of nitrogens with zero attached hydrogens (tertiary/aromatic N) is 2. The van der Waals surface area contributed by atoms with Crippen LogP contribution in [0.3, 0.4) is 0 Å². The third-order valence-electron chi connectivity index (χ3n) is 3.77. The molecule has 0 saturated heterocycles. The van der Waals surface area contributed by atoms with Gasteiger partial charge < -0.3 is 14.8 Å². The lowest BCUT2D eigenvalue weighted by Gasteiger charge is -2.10. The molecule has 1 heterocycles. The van der Waals surface area contributed by atoms with Crippen molar-refractivity contribution in [3.05, 3.63) is 71.8 Å². The van der Waals surface area contributed by atoms with Crippen molar-refractivity contribution in [3.63, 3.8) is 0 Å². The van der Waals surface area contributed by atoms with Crippen molar-refractivity contribution in [1.29, 1.82) is 0 Å². The molecule has 2 N–H and O–H groups in total. The van der Waals surface area contributed by atoms with Crippen LogP contribution in [0, 0.1) is 0 Å². The van der Waals surface area contributed by atoms with Crippen molar-refractivity contribution in [1.82, 2.24) is 9.97 Å². The van der Waals surface area contributed by atoms with Crippen molar-refractivity contribution >= 4 is 23.6 Å². The smallest absolute Gasteiger partial charge is 0.258 e. The molecule has 0 saturated carbocycles. The number of amides is 2. The molecule has 28 heavy (non-hydrogen) atoms. The van der Waals surface area contributed by atoms with E-state index >= 15 is 0 Å². The van der Waals surface area contributed by atoms with Gasteiger partial charge in [0.1, 0.15) is 11.6 Å². The first-order chi connectivity index (χ1) is 13.6. The Balaban J connectivity index is 1.78. The number of nitrogens with one attached hydrogen (secondary N) is 2. The first-order valence-electron chi connectivity index (χ1n) is 8.34. The minimum absolute atomic E-state index is 0.0123. The van der Waals surface area contributed by atoms with Crippen LogP contribution in [0.2, 0.25) is 0 Å². The van der Waals surface area contributed by atoms with E-state index in [1.54, 1.807) is 55.6 Å². The number of benzene rings is 2. The van der Waals surface area contributed by atoms with Gasteiger partial charge in [0.05, 0.1) is 14.2 Å². The zero-order valence-corrected chi connectivity index (χ0v) is 15.3. The van der Waals surface area contributed by atoms with Crippen LogP contribution in [0.4, 0.5) is 11.8 Å². The highest BCUT2D eigenvalue weighted by Gasteiger charge is 2.13. The number of aromatic nitrogens is 2. The van der Waals surface area contributed by atoms with E-state index in [0.717, 1.165) is 0 Å². The summed E-state index contributed by atoms with van der Waals surface area (Å²) in [6, 6.07) is 16.7. The van der Waals surface area contributed by atoms with Gasteiger partial charge in [0.25, 0.3) is 11.8 Å². The van der Waals surface area contributed by atoms with Crippen LogP contribution in [0.25, 0.3) is 0 Å². The van der Waals surface area contributed by atoms with Crippen LogP contribution in [-0.4, -0.2) is 36.0 Å². The molecule has 0 spiro atoms. The van der Waals surface area contributed by atoms with Gasteiger partial charge in [-0.3, -0.25) is 14.9 Å². The minimum Gasteiger partial charge on any atom is -0.497 e. The largest absolute Gasteiger partial charge is 0.497 e. The van der Waals surface area contributed by atoms with Crippen molar-refractivity contribution in [3.8, 4) is 11.6 Å². The maximum Gasteiger partial charge on any atom is 0.258 e. The highest BCUT2D eigenvalue weighted by molar-refractivity contribution is 6.05. The van der Waals surface area contributed by atoms with E-state index in [4.69, 9.17) is 9.47 Å². The molecule has 142 valence electrons. The second kappa shape index (κ2) is 8.63. The maximum atomic E-state index is 12.4. The molecule has 2 amide bonds. The Morgan fingerprint density at radius 1 is 0.786 bits per heavy atom. The summed E-state index contributed by atoms with van der Waals surface area (Å²) in [4.78, 5) is 33.0. The molecule has 1 aromatic heterocycles. The van der Waals surface area contributed by atoms with Crippen LogP contribution >= 0.6 is 0 Å². The highest BCUT2D eigenvalue weighted by Crippen LogP contribution is 2.18. The van der Waals surface area contributed by atoms with Gasteiger partial charge in [-0.2, -0.15) is 9.97 Å². The zero-order chi connectivity index (χ0) is 19.9. The van der Waals surface area contributed by atoms with E-state index in [1.807, 2.05) is 6.07 Å². The zero-order valence-electron chi connectivity index (χ0n) is 15.3. The molecule has 0 unspecified atom stereocenters. The highest BCUT2D eigenvalue weighted by atomic mass is 16.5. The number of anilines is 2. The normalized spacial score (nSPS) is 10.1. The number of carbonyl (C=O) groups is 2. The van der Waals surface area contributed by atoms with Gasteiger partial charge in [0.15, 0.2) is 0 Å². The van der Waals surface area contributed by atoms with Gasteiger partial charge >= 0.3 is 0 Å². The summed E-state index contributed by atoms with van der Waals surface area (Å²) >= 11 is 0. The summed E-state index contributed by atoms with van der Waals surface area (Å²) in [5.41, 5.74) is 0.881. The third kappa shape index (κ3) is 4.61. The predicted octanol–water partition coefficient (Wildman–Crippen LogP) is 3.00. The molecule has 3 aromatic rings. The van der Waals surface area contributed by atoms with Gasteiger partial charge in [-0.25, -0.2) is 0 Å². The van der Waals surface area contributed by atoms with E-state index < -0.39 is 0 Å². The Kier molecular flexibility index (Phi) is 5.81. The fraction of sp³-hybridized carbons (Fsp3) is 0.100.